The van der Waals surface area contributed by atoms with E-state index in [0.717, 1.165) is 32.0 Å². The van der Waals surface area contributed by atoms with E-state index in [2.05, 4.69) is 21.2 Å². The fraction of sp³-hybridized carbons (Fsp3) is 0.125. The average molecular weight is 513 g/mol. The Bertz CT molecular complexity index is 1310. The predicted molar refractivity (Wildman–Crippen MR) is 128 cm³/mol. The van der Waals surface area contributed by atoms with Gasteiger partial charge < -0.3 is 4.57 Å². The van der Waals surface area contributed by atoms with E-state index in [-0.39, 0.29) is 5.57 Å². The number of carbonyl (C=O) groups is 3. The number of anilines is 1. The zero-order chi connectivity index (χ0) is 23.2. The van der Waals surface area contributed by atoms with E-state index >= 15 is 0 Å². The molecule has 4 rings (SSSR count). The first-order valence-corrected chi connectivity index (χ1v) is 11.0. The van der Waals surface area contributed by atoms with Gasteiger partial charge in [-0.05, 0) is 86.5 Å². The largest absolute Gasteiger partial charge is 0.335 e. The quantitative estimate of drug-likeness (QED) is 0.373. The van der Waals surface area contributed by atoms with Gasteiger partial charge in [0.2, 0.25) is 0 Å². The van der Waals surface area contributed by atoms with E-state index in [1.165, 1.54) is 6.08 Å². The summed E-state index contributed by atoms with van der Waals surface area (Å²) < 4.78 is 2.83. The van der Waals surface area contributed by atoms with Crippen LogP contribution in [0.5, 0.6) is 0 Å². The summed E-state index contributed by atoms with van der Waals surface area (Å²) in [5.74, 6) is -1.39. The summed E-state index contributed by atoms with van der Waals surface area (Å²) in [6.45, 7) is 5.63. The number of rotatable bonds is 3. The molecule has 32 heavy (non-hydrogen) atoms. The van der Waals surface area contributed by atoms with Crippen molar-refractivity contribution in [1.29, 1.82) is 0 Å². The van der Waals surface area contributed by atoms with Gasteiger partial charge in [0.15, 0.2) is 0 Å². The number of hydrogen-bond acceptors (Lipinski definition) is 3. The van der Waals surface area contributed by atoms with Crippen LogP contribution in [0.1, 0.15) is 22.5 Å². The van der Waals surface area contributed by atoms with Crippen LogP contribution in [0.3, 0.4) is 0 Å². The molecule has 0 spiro atoms. The Morgan fingerprint density at radius 2 is 1.66 bits per heavy atom. The van der Waals surface area contributed by atoms with Crippen LogP contribution in [-0.2, 0) is 9.59 Å². The third kappa shape index (κ3) is 3.89. The monoisotopic (exact) mass is 511 g/mol. The molecule has 1 N–H and O–H groups in total. The highest BCUT2D eigenvalue weighted by Crippen LogP contribution is 2.29. The number of amides is 4. The number of carbonyl (C=O) groups excluding carboxylic acids is 3. The molecule has 8 heteroatoms. The maximum Gasteiger partial charge on any atom is 0.335 e. The van der Waals surface area contributed by atoms with E-state index in [4.69, 9.17) is 11.6 Å². The molecule has 4 amide bonds. The second kappa shape index (κ2) is 8.41. The first kappa shape index (κ1) is 22.0. The SMILES string of the molecule is Cc1cc(Br)ccc1N1C(=O)NC(=O)/C(=C\c2cc(C)n(-c3ccc(Cl)cc3)c2C)C1=O. The van der Waals surface area contributed by atoms with Crippen molar-refractivity contribution in [2.75, 3.05) is 4.90 Å². The first-order valence-electron chi connectivity index (χ1n) is 9.80. The molecule has 0 radical (unpaired) electrons. The van der Waals surface area contributed by atoms with E-state index in [1.54, 1.807) is 37.3 Å². The molecule has 0 unspecified atom stereocenters. The van der Waals surface area contributed by atoms with Gasteiger partial charge in [0.25, 0.3) is 11.8 Å². The van der Waals surface area contributed by atoms with Crippen LogP contribution < -0.4 is 10.2 Å². The number of nitrogens with one attached hydrogen (secondary N) is 1. The lowest BCUT2D eigenvalue weighted by Crippen LogP contribution is -2.54. The van der Waals surface area contributed by atoms with Crippen molar-refractivity contribution in [3.8, 4) is 5.69 Å². The van der Waals surface area contributed by atoms with Crippen molar-refractivity contribution in [2.45, 2.75) is 20.8 Å². The Morgan fingerprint density at radius 1 is 0.969 bits per heavy atom. The number of imide groups is 2. The lowest BCUT2D eigenvalue weighted by molar-refractivity contribution is -0.122. The van der Waals surface area contributed by atoms with Crippen molar-refractivity contribution < 1.29 is 14.4 Å². The topological polar surface area (TPSA) is 71.4 Å². The fourth-order valence-corrected chi connectivity index (χ4v) is 4.42. The van der Waals surface area contributed by atoms with E-state index in [0.29, 0.717) is 16.3 Å². The molecule has 1 saturated heterocycles. The normalized spacial score (nSPS) is 15.5. The molecule has 1 aliphatic heterocycles. The predicted octanol–water partition coefficient (Wildman–Crippen LogP) is 5.48. The molecule has 1 fully saturated rings. The molecule has 2 aromatic carbocycles. The van der Waals surface area contributed by atoms with Crippen molar-refractivity contribution in [1.82, 2.24) is 9.88 Å². The van der Waals surface area contributed by atoms with Gasteiger partial charge in [-0.15, -0.1) is 0 Å². The number of nitrogens with zero attached hydrogens (tertiary/aromatic N) is 2. The molecule has 0 atom stereocenters. The van der Waals surface area contributed by atoms with Gasteiger partial charge >= 0.3 is 6.03 Å². The Balaban J connectivity index is 1.77. The number of benzene rings is 2. The molecule has 162 valence electrons. The van der Waals surface area contributed by atoms with Crippen molar-refractivity contribution >= 4 is 57.1 Å². The molecule has 0 aliphatic carbocycles. The summed E-state index contributed by atoms with van der Waals surface area (Å²) in [5.41, 5.74) is 4.42. The third-order valence-corrected chi connectivity index (χ3v) is 6.10. The molecule has 0 bridgehead atoms. The van der Waals surface area contributed by atoms with Crippen molar-refractivity contribution in [3.05, 3.63) is 86.1 Å². The van der Waals surface area contributed by atoms with Crippen molar-refractivity contribution in [3.63, 3.8) is 0 Å². The lowest BCUT2D eigenvalue weighted by atomic mass is 10.1. The Labute approximate surface area is 198 Å². The molecular formula is C24H19BrClN3O3. The standard InChI is InChI=1S/C24H19BrClN3O3/c1-13-10-17(25)4-9-21(13)29-23(31)20(22(30)27-24(29)32)12-16-11-14(2)28(15(16)3)19-7-5-18(26)6-8-19/h4-12H,1-3H3,(H,27,30,32)/b20-12+. The highest BCUT2D eigenvalue weighted by atomic mass is 79.9. The van der Waals surface area contributed by atoms with Gasteiger partial charge in [-0.2, -0.15) is 0 Å². The molecule has 2 heterocycles. The molecule has 6 nitrogen and oxygen atoms in total. The van der Waals surface area contributed by atoms with Crippen LogP contribution in [0.4, 0.5) is 10.5 Å². The summed E-state index contributed by atoms with van der Waals surface area (Å²) in [7, 11) is 0. The van der Waals surface area contributed by atoms with Gasteiger partial charge in [0.1, 0.15) is 5.57 Å². The van der Waals surface area contributed by atoms with E-state index < -0.39 is 17.8 Å². The number of aromatic nitrogens is 1. The smallest absolute Gasteiger partial charge is 0.318 e. The highest BCUT2D eigenvalue weighted by Gasteiger charge is 2.37. The van der Waals surface area contributed by atoms with Crippen LogP contribution in [0, 0.1) is 20.8 Å². The number of halogens is 2. The van der Waals surface area contributed by atoms with Crippen molar-refractivity contribution in [2.24, 2.45) is 0 Å². The molecular weight excluding hydrogens is 494 g/mol. The Hall–Kier alpha value is -3.16. The van der Waals surface area contributed by atoms with Crippen LogP contribution in [-0.4, -0.2) is 22.4 Å². The molecule has 1 aromatic heterocycles. The Morgan fingerprint density at radius 3 is 2.31 bits per heavy atom. The maximum absolute atomic E-state index is 13.2. The first-order chi connectivity index (χ1) is 15.2. The van der Waals surface area contributed by atoms with E-state index in [1.807, 2.05) is 36.6 Å². The van der Waals surface area contributed by atoms with Gasteiger partial charge in [0, 0.05) is 26.6 Å². The van der Waals surface area contributed by atoms with Gasteiger partial charge in [-0.3, -0.25) is 14.9 Å². The fourth-order valence-electron chi connectivity index (χ4n) is 3.82. The molecule has 0 saturated carbocycles. The number of barbiturate groups is 1. The molecule has 1 aliphatic rings. The van der Waals surface area contributed by atoms with Crippen LogP contribution in [0.2, 0.25) is 5.02 Å². The zero-order valence-corrected chi connectivity index (χ0v) is 19.9. The number of hydrogen-bond donors (Lipinski definition) is 1. The average Bonchev–Trinajstić information content (AvgIpc) is 3.00. The summed E-state index contributed by atoms with van der Waals surface area (Å²) in [5, 5.41) is 2.91. The number of aryl methyl sites for hydroxylation is 2. The van der Waals surface area contributed by atoms with Gasteiger partial charge in [-0.25, -0.2) is 9.69 Å². The molecule has 3 aromatic rings. The third-order valence-electron chi connectivity index (χ3n) is 5.36. The summed E-state index contributed by atoms with van der Waals surface area (Å²) in [6.07, 6.45) is 1.53. The maximum atomic E-state index is 13.2. The van der Waals surface area contributed by atoms with E-state index in [9.17, 15) is 14.4 Å². The van der Waals surface area contributed by atoms with Crippen LogP contribution in [0.15, 0.2) is 58.6 Å². The zero-order valence-electron chi connectivity index (χ0n) is 17.6. The Kier molecular flexibility index (Phi) is 5.79. The summed E-state index contributed by atoms with van der Waals surface area (Å²) in [4.78, 5) is 39.3. The second-order valence-corrected chi connectivity index (χ2v) is 8.88. The highest BCUT2D eigenvalue weighted by molar-refractivity contribution is 9.10. The summed E-state index contributed by atoms with van der Waals surface area (Å²) >= 11 is 9.38. The van der Waals surface area contributed by atoms with Gasteiger partial charge in [0.05, 0.1) is 5.69 Å². The van der Waals surface area contributed by atoms with Gasteiger partial charge in [-0.1, -0.05) is 27.5 Å². The number of urea groups is 1. The minimum Gasteiger partial charge on any atom is -0.318 e. The summed E-state index contributed by atoms with van der Waals surface area (Å²) in [6, 6.07) is 13.7. The lowest BCUT2D eigenvalue weighted by Gasteiger charge is -2.27. The second-order valence-electron chi connectivity index (χ2n) is 7.53. The van der Waals surface area contributed by atoms with Crippen LogP contribution in [0.25, 0.3) is 11.8 Å². The minimum absolute atomic E-state index is 0.108. The van der Waals surface area contributed by atoms with Crippen LogP contribution >= 0.6 is 27.5 Å². The minimum atomic E-state index is -0.769.